The SMILES string of the molecule is CC(C)C(N)C(=O)N1CCCN(Cc2ccccc2)CC1. The number of carbonyl (C=O) groups is 1. The minimum absolute atomic E-state index is 0.103. The number of hydrogen-bond donors (Lipinski definition) is 1. The summed E-state index contributed by atoms with van der Waals surface area (Å²) in [6, 6.07) is 10.1. The molecule has 0 saturated carbocycles. The van der Waals surface area contributed by atoms with E-state index in [1.165, 1.54) is 5.56 Å². The van der Waals surface area contributed by atoms with Gasteiger partial charge in [0.25, 0.3) is 0 Å². The van der Waals surface area contributed by atoms with Crippen LogP contribution in [0.4, 0.5) is 0 Å². The van der Waals surface area contributed by atoms with Crippen molar-refractivity contribution in [3.05, 3.63) is 35.9 Å². The zero-order chi connectivity index (χ0) is 15.2. The number of rotatable bonds is 4. The van der Waals surface area contributed by atoms with Crippen LogP contribution in [0.15, 0.2) is 30.3 Å². The molecule has 0 radical (unpaired) electrons. The van der Waals surface area contributed by atoms with Gasteiger partial charge in [0.2, 0.25) is 5.91 Å². The summed E-state index contributed by atoms with van der Waals surface area (Å²) in [6.07, 6.45) is 1.02. The minimum Gasteiger partial charge on any atom is -0.340 e. The van der Waals surface area contributed by atoms with Crippen molar-refractivity contribution in [2.75, 3.05) is 26.2 Å². The fourth-order valence-electron chi connectivity index (χ4n) is 2.69. The molecule has 1 fully saturated rings. The Morgan fingerprint density at radius 2 is 1.86 bits per heavy atom. The van der Waals surface area contributed by atoms with Gasteiger partial charge < -0.3 is 10.6 Å². The molecule has 1 amide bonds. The molecule has 0 aliphatic carbocycles. The first-order valence-electron chi connectivity index (χ1n) is 7.88. The first kappa shape index (κ1) is 16.0. The average Bonchev–Trinajstić information content (AvgIpc) is 2.72. The zero-order valence-electron chi connectivity index (χ0n) is 13.2. The zero-order valence-corrected chi connectivity index (χ0v) is 13.2. The van der Waals surface area contributed by atoms with E-state index in [4.69, 9.17) is 5.73 Å². The van der Waals surface area contributed by atoms with Gasteiger partial charge in [0.1, 0.15) is 0 Å². The molecule has 116 valence electrons. The van der Waals surface area contributed by atoms with E-state index in [2.05, 4.69) is 29.2 Å². The van der Waals surface area contributed by atoms with Crippen molar-refractivity contribution in [1.29, 1.82) is 0 Å². The number of benzene rings is 1. The quantitative estimate of drug-likeness (QED) is 0.918. The van der Waals surface area contributed by atoms with Crippen LogP contribution in [-0.2, 0) is 11.3 Å². The molecular weight excluding hydrogens is 262 g/mol. The van der Waals surface area contributed by atoms with Crippen LogP contribution in [0.2, 0.25) is 0 Å². The van der Waals surface area contributed by atoms with Crippen LogP contribution in [0.25, 0.3) is 0 Å². The van der Waals surface area contributed by atoms with Crippen LogP contribution in [0.3, 0.4) is 0 Å². The Hall–Kier alpha value is -1.39. The predicted molar refractivity (Wildman–Crippen MR) is 85.7 cm³/mol. The maximum Gasteiger partial charge on any atom is 0.239 e. The Morgan fingerprint density at radius 3 is 2.52 bits per heavy atom. The fraction of sp³-hybridized carbons (Fsp3) is 0.588. The standard InChI is InChI=1S/C17H27N3O/c1-14(2)16(18)17(21)20-10-6-9-19(11-12-20)13-15-7-4-3-5-8-15/h3-5,7-8,14,16H,6,9-13,18H2,1-2H3. The van der Waals surface area contributed by atoms with Gasteiger partial charge in [-0.1, -0.05) is 44.2 Å². The molecule has 1 aromatic carbocycles. The third-order valence-electron chi connectivity index (χ3n) is 4.15. The summed E-state index contributed by atoms with van der Waals surface area (Å²) in [7, 11) is 0. The van der Waals surface area contributed by atoms with E-state index in [-0.39, 0.29) is 17.9 Å². The van der Waals surface area contributed by atoms with Crippen LogP contribution >= 0.6 is 0 Å². The summed E-state index contributed by atoms with van der Waals surface area (Å²) in [5.74, 6) is 0.299. The van der Waals surface area contributed by atoms with Crippen LogP contribution in [0.1, 0.15) is 25.8 Å². The van der Waals surface area contributed by atoms with E-state index in [0.717, 1.165) is 39.1 Å². The predicted octanol–water partition coefficient (Wildman–Crippen LogP) is 1.70. The van der Waals surface area contributed by atoms with Crippen molar-refractivity contribution >= 4 is 5.91 Å². The molecule has 4 nitrogen and oxygen atoms in total. The Labute approximate surface area is 127 Å². The van der Waals surface area contributed by atoms with Gasteiger partial charge in [-0.15, -0.1) is 0 Å². The summed E-state index contributed by atoms with van der Waals surface area (Å²) < 4.78 is 0. The molecule has 1 aliphatic heterocycles. The maximum atomic E-state index is 12.3. The van der Waals surface area contributed by atoms with Crippen LogP contribution in [-0.4, -0.2) is 47.9 Å². The van der Waals surface area contributed by atoms with Gasteiger partial charge in [-0.2, -0.15) is 0 Å². The lowest BCUT2D eigenvalue weighted by Crippen LogP contribution is -2.47. The second-order valence-electron chi connectivity index (χ2n) is 6.21. The number of carbonyl (C=O) groups excluding carboxylic acids is 1. The lowest BCUT2D eigenvalue weighted by Gasteiger charge is -2.26. The Bertz CT molecular complexity index is 447. The number of nitrogens with two attached hydrogens (primary N) is 1. The second kappa shape index (κ2) is 7.57. The summed E-state index contributed by atoms with van der Waals surface area (Å²) >= 11 is 0. The third-order valence-corrected chi connectivity index (χ3v) is 4.15. The van der Waals surface area contributed by atoms with Crippen LogP contribution < -0.4 is 5.73 Å². The van der Waals surface area contributed by atoms with Gasteiger partial charge in [-0.25, -0.2) is 0 Å². The molecule has 4 heteroatoms. The average molecular weight is 289 g/mol. The summed E-state index contributed by atoms with van der Waals surface area (Å²) in [6.45, 7) is 8.53. The number of nitrogens with zero attached hydrogens (tertiary/aromatic N) is 2. The summed E-state index contributed by atoms with van der Waals surface area (Å²) in [5, 5.41) is 0. The largest absolute Gasteiger partial charge is 0.340 e. The summed E-state index contributed by atoms with van der Waals surface area (Å²) in [4.78, 5) is 16.7. The normalized spacial score (nSPS) is 18.6. The van der Waals surface area contributed by atoms with Crippen molar-refractivity contribution in [2.45, 2.75) is 32.9 Å². The molecule has 1 saturated heterocycles. The van der Waals surface area contributed by atoms with Crippen LogP contribution in [0.5, 0.6) is 0 Å². The van der Waals surface area contributed by atoms with E-state index >= 15 is 0 Å². The van der Waals surface area contributed by atoms with Gasteiger partial charge in [0, 0.05) is 32.7 Å². The molecule has 1 aromatic rings. The van der Waals surface area contributed by atoms with Crippen molar-refractivity contribution in [1.82, 2.24) is 9.80 Å². The van der Waals surface area contributed by atoms with Crippen molar-refractivity contribution in [2.24, 2.45) is 11.7 Å². The smallest absolute Gasteiger partial charge is 0.239 e. The number of amides is 1. The molecule has 0 aromatic heterocycles. The minimum atomic E-state index is -0.370. The Kier molecular flexibility index (Phi) is 5.76. The van der Waals surface area contributed by atoms with Gasteiger partial charge in [0.05, 0.1) is 6.04 Å². The molecule has 1 aliphatic rings. The van der Waals surface area contributed by atoms with Gasteiger partial charge in [-0.3, -0.25) is 9.69 Å². The van der Waals surface area contributed by atoms with E-state index in [0.29, 0.717) is 0 Å². The highest BCUT2D eigenvalue weighted by Gasteiger charge is 2.25. The van der Waals surface area contributed by atoms with Crippen LogP contribution in [0, 0.1) is 5.92 Å². The molecule has 0 spiro atoms. The van der Waals surface area contributed by atoms with Gasteiger partial charge in [0.15, 0.2) is 0 Å². The monoisotopic (exact) mass is 289 g/mol. The molecule has 1 atom stereocenters. The molecule has 1 heterocycles. The third kappa shape index (κ3) is 4.55. The molecular formula is C17H27N3O. The summed E-state index contributed by atoms with van der Waals surface area (Å²) in [5.41, 5.74) is 7.33. The Morgan fingerprint density at radius 1 is 1.14 bits per heavy atom. The van der Waals surface area contributed by atoms with Gasteiger partial charge >= 0.3 is 0 Å². The molecule has 2 N–H and O–H groups in total. The van der Waals surface area contributed by atoms with Gasteiger partial charge in [-0.05, 0) is 17.9 Å². The molecule has 1 unspecified atom stereocenters. The fourth-order valence-corrected chi connectivity index (χ4v) is 2.69. The van der Waals surface area contributed by atoms with Crippen molar-refractivity contribution in [3.8, 4) is 0 Å². The number of hydrogen-bond acceptors (Lipinski definition) is 3. The first-order chi connectivity index (χ1) is 10.1. The van der Waals surface area contributed by atoms with E-state index in [1.54, 1.807) is 0 Å². The van der Waals surface area contributed by atoms with E-state index in [9.17, 15) is 4.79 Å². The van der Waals surface area contributed by atoms with Crippen molar-refractivity contribution in [3.63, 3.8) is 0 Å². The highest BCUT2D eigenvalue weighted by molar-refractivity contribution is 5.81. The highest BCUT2D eigenvalue weighted by Crippen LogP contribution is 2.11. The Balaban J connectivity index is 1.88. The highest BCUT2D eigenvalue weighted by atomic mass is 16.2. The molecule has 0 bridgehead atoms. The van der Waals surface area contributed by atoms with E-state index in [1.807, 2.05) is 24.8 Å². The van der Waals surface area contributed by atoms with Crippen molar-refractivity contribution < 1.29 is 4.79 Å². The first-order valence-corrected chi connectivity index (χ1v) is 7.88. The lowest BCUT2D eigenvalue weighted by molar-refractivity contribution is -0.133. The molecule has 21 heavy (non-hydrogen) atoms. The second-order valence-corrected chi connectivity index (χ2v) is 6.21. The topological polar surface area (TPSA) is 49.6 Å². The maximum absolute atomic E-state index is 12.3. The van der Waals surface area contributed by atoms with E-state index < -0.39 is 0 Å². The lowest BCUT2D eigenvalue weighted by atomic mass is 10.0. The molecule has 2 rings (SSSR count).